The first-order chi connectivity index (χ1) is 13.3. The third kappa shape index (κ3) is 4.13. The van der Waals surface area contributed by atoms with Crippen LogP contribution >= 0.6 is 0 Å². The second-order valence-corrected chi connectivity index (χ2v) is 6.51. The molecule has 0 fully saturated rings. The van der Waals surface area contributed by atoms with E-state index in [1.807, 2.05) is 42.5 Å². The Balaban J connectivity index is 1.51. The summed E-state index contributed by atoms with van der Waals surface area (Å²) in [7, 11) is 0. The number of furan rings is 1. The van der Waals surface area contributed by atoms with E-state index in [2.05, 4.69) is 21.5 Å². The van der Waals surface area contributed by atoms with Crippen molar-refractivity contribution in [2.45, 2.75) is 38.8 Å². The van der Waals surface area contributed by atoms with Crippen molar-refractivity contribution in [2.24, 2.45) is 0 Å². The van der Waals surface area contributed by atoms with Crippen molar-refractivity contribution in [3.8, 4) is 11.4 Å². The molecule has 3 aromatic rings. The van der Waals surface area contributed by atoms with Crippen molar-refractivity contribution in [2.75, 3.05) is 0 Å². The summed E-state index contributed by atoms with van der Waals surface area (Å²) < 4.78 is 5.45. The highest BCUT2D eigenvalue weighted by molar-refractivity contribution is 5.77. The van der Waals surface area contributed by atoms with Gasteiger partial charge in [0.05, 0.1) is 12.8 Å². The Morgan fingerprint density at radius 1 is 1.15 bits per heavy atom. The number of carbonyl (C=O) groups excluding carboxylic acids is 1. The number of hydrogen-bond acceptors (Lipinski definition) is 5. The normalized spacial score (nSPS) is 14.0. The van der Waals surface area contributed by atoms with Gasteiger partial charge < -0.3 is 9.32 Å². The lowest BCUT2D eigenvalue weighted by Gasteiger charge is -2.26. The van der Waals surface area contributed by atoms with Crippen LogP contribution in [0, 0.1) is 0 Å². The third-order valence-electron chi connectivity index (χ3n) is 4.57. The molecule has 0 aliphatic heterocycles. The minimum Gasteiger partial charge on any atom is -0.467 e. The van der Waals surface area contributed by atoms with Gasteiger partial charge in [-0.25, -0.2) is 0 Å². The minimum atomic E-state index is -0.0726. The summed E-state index contributed by atoms with van der Waals surface area (Å²) in [6.45, 7) is 0.454. The number of allylic oxidation sites excluding steroid dienone is 2. The number of amides is 1. The first-order valence-corrected chi connectivity index (χ1v) is 9.14. The predicted octanol–water partition coefficient (Wildman–Crippen LogP) is 3.42. The van der Waals surface area contributed by atoms with Crippen LogP contribution in [-0.4, -0.2) is 31.0 Å². The fraction of sp³-hybridized carbons (Fsp3) is 0.300. The molecule has 7 nitrogen and oxygen atoms in total. The third-order valence-corrected chi connectivity index (χ3v) is 4.57. The molecule has 0 saturated heterocycles. The van der Waals surface area contributed by atoms with Gasteiger partial charge >= 0.3 is 0 Å². The van der Waals surface area contributed by atoms with Crippen molar-refractivity contribution < 1.29 is 9.21 Å². The second kappa shape index (κ2) is 7.99. The zero-order valence-corrected chi connectivity index (χ0v) is 15.0. The molecule has 1 aliphatic carbocycles. The summed E-state index contributed by atoms with van der Waals surface area (Å²) in [5, 5.41) is 12.5. The summed E-state index contributed by atoms with van der Waals surface area (Å²) in [5.41, 5.74) is 1.92. The van der Waals surface area contributed by atoms with Gasteiger partial charge in [0.15, 0.2) is 0 Å². The number of tetrazole rings is 1. The maximum atomic E-state index is 13.0. The largest absolute Gasteiger partial charge is 0.467 e. The van der Waals surface area contributed by atoms with Crippen molar-refractivity contribution >= 4 is 5.91 Å². The number of hydrogen-bond donors (Lipinski definition) is 0. The molecule has 2 aromatic heterocycles. The van der Waals surface area contributed by atoms with Crippen LogP contribution in [0.5, 0.6) is 0 Å². The average molecular weight is 363 g/mol. The lowest BCUT2D eigenvalue weighted by molar-refractivity contribution is -0.131. The second-order valence-electron chi connectivity index (χ2n) is 6.51. The Hall–Kier alpha value is -3.22. The van der Waals surface area contributed by atoms with Gasteiger partial charge in [-0.2, -0.15) is 4.80 Å². The molecule has 2 heterocycles. The molecule has 0 N–H and O–H groups in total. The van der Waals surface area contributed by atoms with E-state index in [1.165, 1.54) is 4.80 Å². The van der Waals surface area contributed by atoms with Crippen LogP contribution in [-0.2, 0) is 17.9 Å². The van der Waals surface area contributed by atoms with E-state index < -0.39 is 0 Å². The zero-order valence-electron chi connectivity index (χ0n) is 15.0. The molecule has 0 unspecified atom stereocenters. The van der Waals surface area contributed by atoms with E-state index >= 15 is 0 Å². The quantitative estimate of drug-likeness (QED) is 0.671. The molecule has 1 aromatic carbocycles. The number of aromatic nitrogens is 4. The number of nitrogens with zero attached hydrogens (tertiary/aromatic N) is 5. The van der Waals surface area contributed by atoms with Gasteiger partial charge in [-0.1, -0.05) is 36.4 Å². The van der Waals surface area contributed by atoms with Crippen LogP contribution in [0.2, 0.25) is 0 Å². The van der Waals surface area contributed by atoms with Crippen LogP contribution in [0.15, 0.2) is 64.9 Å². The number of rotatable bonds is 6. The fourth-order valence-electron chi connectivity index (χ4n) is 3.19. The Kier molecular flexibility index (Phi) is 5.09. The molecule has 0 bridgehead atoms. The predicted molar refractivity (Wildman–Crippen MR) is 99.1 cm³/mol. The maximum absolute atomic E-state index is 13.0. The highest BCUT2D eigenvalue weighted by Gasteiger charge is 2.22. The highest BCUT2D eigenvalue weighted by atomic mass is 16.3. The topological polar surface area (TPSA) is 77.1 Å². The van der Waals surface area contributed by atoms with Gasteiger partial charge in [-0.15, -0.1) is 10.2 Å². The molecule has 0 radical (unpaired) electrons. The van der Waals surface area contributed by atoms with Crippen LogP contribution < -0.4 is 0 Å². The van der Waals surface area contributed by atoms with Gasteiger partial charge in [0.25, 0.3) is 5.91 Å². The first kappa shape index (κ1) is 17.2. The van der Waals surface area contributed by atoms with E-state index in [0.717, 1.165) is 42.7 Å². The average Bonchev–Trinajstić information content (AvgIpc) is 3.39. The summed E-state index contributed by atoms with van der Waals surface area (Å²) >= 11 is 0. The van der Waals surface area contributed by atoms with Gasteiger partial charge in [-0.05, 0) is 43.0 Å². The van der Waals surface area contributed by atoms with Gasteiger partial charge in [0.2, 0.25) is 5.82 Å². The van der Waals surface area contributed by atoms with Crippen LogP contribution in [0.3, 0.4) is 0 Å². The Labute approximate surface area is 157 Å². The SMILES string of the molecule is O=C(Cn1nnc(-c2ccccc2)n1)N(Cc1ccco1)C1=CCCCC1. The van der Waals surface area contributed by atoms with Crippen molar-refractivity contribution in [3.63, 3.8) is 0 Å². The molecule has 7 heteroatoms. The molecular weight excluding hydrogens is 342 g/mol. The van der Waals surface area contributed by atoms with Crippen molar-refractivity contribution in [1.82, 2.24) is 25.1 Å². The molecule has 0 atom stereocenters. The minimum absolute atomic E-state index is 0.0396. The Morgan fingerprint density at radius 2 is 2.04 bits per heavy atom. The van der Waals surface area contributed by atoms with E-state index in [1.54, 1.807) is 11.2 Å². The maximum Gasteiger partial charge on any atom is 0.250 e. The van der Waals surface area contributed by atoms with E-state index in [4.69, 9.17) is 4.42 Å². The number of carbonyl (C=O) groups is 1. The first-order valence-electron chi connectivity index (χ1n) is 9.14. The van der Waals surface area contributed by atoms with Gasteiger partial charge in [0.1, 0.15) is 12.3 Å². The molecule has 0 saturated carbocycles. The summed E-state index contributed by atoms with van der Waals surface area (Å²) in [5.74, 6) is 1.20. The number of benzene rings is 1. The summed E-state index contributed by atoms with van der Waals surface area (Å²) in [6.07, 6.45) is 7.92. The van der Waals surface area contributed by atoms with Crippen LogP contribution in [0.1, 0.15) is 31.4 Å². The molecule has 0 spiro atoms. The Bertz CT molecular complexity index is 915. The van der Waals surface area contributed by atoms with Gasteiger partial charge in [-0.3, -0.25) is 4.79 Å². The molecule has 1 aliphatic rings. The molecule has 138 valence electrons. The standard InChI is InChI=1S/C20H21N5O2/c26-19(15-25-22-20(21-23-25)16-8-3-1-4-9-16)24(14-18-12-7-13-27-18)17-10-5-2-6-11-17/h1,3-4,7-10,12-13H,2,5-6,11,14-15H2. The van der Waals surface area contributed by atoms with Crippen molar-refractivity contribution in [3.05, 3.63) is 66.3 Å². The molecule has 27 heavy (non-hydrogen) atoms. The molecular formula is C20H21N5O2. The van der Waals surface area contributed by atoms with E-state index in [9.17, 15) is 4.79 Å². The molecule has 1 amide bonds. The lowest BCUT2D eigenvalue weighted by Crippen LogP contribution is -2.34. The Morgan fingerprint density at radius 3 is 2.78 bits per heavy atom. The highest BCUT2D eigenvalue weighted by Crippen LogP contribution is 2.23. The molecule has 4 rings (SSSR count). The van der Waals surface area contributed by atoms with Crippen LogP contribution in [0.4, 0.5) is 0 Å². The van der Waals surface area contributed by atoms with Gasteiger partial charge in [0, 0.05) is 11.3 Å². The van der Waals surface area contributed by atoms with E-state index in [0.29, 0.717) is 12.4 Å². The monoisotopic (exact) mass is 363 g/mol. The van der Waals surface area contributed by atoms with E-state index in [-0.39, 0.29) is 12.5 Å². The van der Waals surface area contributed by atoms with Crippen molar-refractivity contribution in [1.29, 1.82) is 0 Å². The van der Waals surface area contributed by atoms with Crippen LogP contribution in [0.25, 0.3) is 11.4 Å². The fourth-order valence-corrected chi connectivity index (χ4v) is 3.19. The smallest absolute Gasteiger partial charge is 0.250 e. The summed E-state index contributed by atoms with van der Waals surface area (Å²) in [4.78, 5) is 16.1. The summed E-state index contributed by atoms with van der Waals surface area (Å²) in [6, 6.07) is 13.3. The zero-order chi connectivity index (χ0) is 18.5. The lowest BCUT2D eigenvalue weighted by atomic mass is 10.0.